The number of piperidine rings is 1. The molecule has 2 aromatic carbocycles. The first-order valence-corrected chi connectivity index (χ1v) is 8.64. The van der Waals surface area contributed by atoms with Crippen molar-refractivity contribution in [3.63, 3.8) is 0 Å². The Hall–Kier alpha value is -1.91. The Morgan fingerprint density at radius 1 is 1.04 bits per heavy atom. The summed E-state index contributed by atoms with van der Waals surface area (Å²) in [6, 6.07) is 15.0. The number of hydrogen-bond acceptors (Lipinski definition) is 3. The Labute approximate surface area is 143 Å². The van der Waals surface area contributed by atoms with Gasteiger partial charge in [0.25, 0.3) is 0 Å². The summed E-state index contributed by atoms with van der Waals surface area (Å²) < 4.78 is 13.0. The number of likely N-dealkylation sites (tertiary alicyclic amines) is 1. The van der Waals surface area contributed by atoms with Gasteiger partial charge in [-0.3, -0.25) is 4.90 Å². The van der Waals surface area contributed by atoms with Crippen LogP contribution in [-0.4, -0.2) is 29.7 Å². The molecule has 1 aliphatic heterocycles. The molecule has 0 saturated carbocycles. The molecule has 0 aliphatic carbocycles. The summed E-state index contributed by atoms with van der Waals surface area (Å²) in [5, 5.41) is 12.7. The van der Waals surface area contributed by atoms with Crippen LogP contribution in [0.1, 0.15) is 24.0 Å². The molecule has 0 amide bonds. The van der Waals surface area contributed by atoms with Crippen LogP contribution in [0.4, 0.5) is 10.1 Å². The zero-order valence-corrected chi connectivity index (χ0v) is 13.9. The van der Waals surface area contributed by atoms with Crippen molar-refractivity contribution in [1.29, 1.82) is 0 Å². The van der Waals surface area contributed by atoms with Gasteiger partial charge in [-0.15, -0.1) is 0 Å². The van der Waals surface area contributed by atoms with E-state index >= 15 is 0 Å². The fourth-order valence-electron chi connectivity index (χ4n) is 3.20. The van der Waals surface area contributed by atoms with Crippen LogP contribution in [0.5, 0.6) is 0 Å². The van der Waals surface area contributed by atoms with Crippen molar-refractivity contribution in [3.8, 4) is 0 Å². The first-order valence-electron chi connectivity index (χ1n) is 8.64. The highest BCUT2D eigenvalue weighted by molar-refractivity contribution is 5.51. The average Bonchev–Trinajstić information content (AvgIpc) is 2.63. The average molecular weight is 328 g/mol. The number of nitrogens with one attached hydrogen (secondary N) is 1. The lowest BCUT2D eigenvalue weighted by Crippen LogP contribution is -2.34. The monoisotopic (exact) mass is 328 g/mol. The lowest BCUT2D eigenvalue weighted by molar-refractivity contribution is 0.127. The quantitative estimate of drug-likeness (QED) is 0.850. The molecule has 0 atom stereocenters. The molecule has 1 heterocycles. The van der Waals surface area contributed by atoms with Gasteiger partial charge in [-0.05, 0) is 61.2 Å². The van der Waals surface area contributed by atoms with Gasteiger partial charge in [0.1, 0.15) is 5.82 Å². The van der Waals surface area contributed by atoms with E-state index in [9.17, 15) is 9.50 Å². The van der Waals surface area contributed by atoms with E-state index in [0.717, 1.165) is 43.7 Å². The summed E-state index contributed by atoms with van der Waals surface area (Å²) in [6.45, 7) is 3.99. The molecule has 128 valence electrons. The first kappa shape index (κ1) is 16.9. The van der Waals surface area contributed by atoms with E-state index in [1.54, 1.807) is 0 Å². The van der Waals surface area contributed by atoms with E-state index < -0.39 is 0 Å². The summed E-state index contributed by atoms with van der Waals surface area (Å²) in [6.07, 6.45) is 2.14. The molecule has 0 spiro atoms. The van der Waals surface area contributed by atoms with Gasteiger partial charge in [-0.1, -0.05) is 30.3 Å². The zero-order chi connectivity index (χ0) is 16.8. The van der Waals surface area contributed by atoms with Crippen molar-refractivity contribution in [3.05, 3.63) is 65.5 Å². The van der Waals surface area contributed by atoms with Crippen LogP contribution in [-0.2, 0) is 13.1 Å². The number of halogens is 1. The number of aliphatic hydroxyl groups excluding tert-OH is 1. The maximum absolute atomic E-state index is 13.0. The maximum Gasteiger partial charge on any atom is 0.123 e. The smallest absolute Gasteiger partial charge is 0.123 e. The van der Waals surface area contributed by atoms with Crippen LogP contribution in [0.2, 0.25) is 0 Å². The molecule has 3 nitrogen and oxygen atoms in total. The SMILES string of the molecule is OCC1CCN(Cc2ccccc2NCc2ccc(F)cc2)CC1. The van der Waals surface area contributed by atoms with Crippen molar-refractivity contribution in [1.82, 2.24) is 4.90 Å². The summed E-state index contributed by atoms with van der Waals surface area (Å²) in [5.74, 6) is 0.263. The minimum Gasteiger partial charge on any atom is -0.396 e. The van der Waals surface area contributed by atoms with E-state index in [4.69, 9.17) is 0 Å². The molecule has 24 heavy (non-hydrogen) atoms. The molecule has 0 bridgehead atoms. The Bertz CT molecular complexity index is 636. The second kappa shape index (κ2) is 8.27. The number of para-hydroxylation sites is 1. The van der Waals surface area contributed by atoms with Crippen molar-refractivity contribution >= 4 is 5.69 Å². The normalized spacial score (nSPS) is 16.2. The second-order valence-corrected chi connectivity index (χ2v) is 6.54. The van der Waals surface area contributed by atoms with Crippen molar-refractivity contribution in [2.45, 2.75) is 25.9 Å². The molecule has 4 heteroatoms. The molecule has 2 N–H and O–H groups in total. The Morgan fingerprint density at radius 3 is 2.46 bits per heavy atom. The Balaban J connectivity index is 1.59. The predicted octanol–water partition coefficient (Wildman–Crippen LogP) is 3.64. The molecule has 0 unspecified atom stereocenters. The maximum atomic E-state index is 13.0. The van der Waals surface area contributed by atoms with Gasteiger partial charge in [-0.2, -0.15) is 0 Å². The second-order valence-electron chi connectivity index (χ2n) is 6.54. The summed E-state index contributed by atoms with van der Waals surface area (Å²) in [4.78, 5) is 2.45. The minimum atomic E-state index is -0.203. The number of rotatable bonds is 6. The molecule has 2 aromatic rings. The number of nitrogens with zero attached hydrogens (tertiary/aromatic N) is 1. The van der Waals surface area contributed by atoms with E-state index in [0.29, 0.717) is 19.1 Å². The minimum absolute atomic E-state index is 0.203. The van der Waals surface area contributed by atoms with Gasteiger partial charge < -0.3 is 10.4 Å². The third-order valence-corrected chi connectivity index (χ3v) is 4.77. The number of aliphatic hydroxyl groups is 1. The van der Waals surface area contributed by atoms with Gasteiger partial charge in [0, 0.05) is 25.4 Å². The number of benzene rings is 2. The van der Waals surface area contributed by atoms with Crippen LogP contribution in [0.3, 0.4) is 0 Å². The molecule has 1 fully saturated rings. The standard InChI is InChI=1S/C20H25FN2O/c21-19-7-5-16(6-8-19)13-22-20-4-2-1-3-18(20)14-23-11-9-17(15-24)10-12-23/h1-8,17,22,24H,9-15H2. The Morgan fingerprint density at radius 2 is 1.75 bits per heavy atom. The molecular formula is C20H25FN2O. The van der Waals surface area contributed by atoms with Crippen LogP contribution in [0.25, 0.3) is 0 Å². The molecule has 1 saturated heterocycles. The van der Waals surface area contributed by atoms with E-state index in [2.05, 4.69) is 28.4 Å². The third-order valence-electron chi connectivity index (χ3n) is 4.77. The van der Waals surface area contributed by atoms with Crippen molar-refractivity contribution in [2.24, 2.45) is 5.92 Å². The summed E-state index contributed by atoms with van der Waals surface area (Å²) in [7, 11) is 0. The van der Waals surface area contributed by atoms with Gasteiger partial charge >= 0.3 is 0 Å². The number of anilines is 1. The van der Waals surface area contributed by atoms with Crippen LogP contribution in [0, 0.1) is 11.7 Å². The highest BCUT2D eigenvalue weighted by atomic mass is 19.1. The highest BCUT2D eigenvalue weighted by Crippen LogP contribution is 2.22. The zero-order valence-electron chi connectivity index (χ0n) is 13.9. The fraction of sp³-hybridized carbons (Fsp3) is 0.400. The van der Waals surface area contributed by atoms with Crippen LogP contribution >= 0.6 is 0 Å². The molecule has 0 radical (unpaired) electrons. The van der Waals surface area contributed by atoms with Gasteiger partial charge in [0.15, 0.2) is 0 Å². The van der Waals surface area contributed by atoms with Crippen molar-refractivity contribution < 1.29 is 9.50 Å². The van der Waals surface area contributed by atoms with Gasteiger partial charge in [-0.25, -0.2) is 4.39 Å². The van der Waals surface area contributed by atoms with E-state index in [-0.39, 0.29) is 5.82 Å². The predicted molar refractivity (Wildman–Crippen MR) is 95.3 cm³/mol. The van der Waals surface area contributed by atoms with Gasteiger partial charge in [0.05, 0.1) is 0 Å². The highest BCUT2D eigenvalue weighted by Gasteiger charge is 2.19. The molecule has 0 aromatic heterocycles. The van der Waals surface area contributed by atoms with E-state index in [1.165, 1.54) is 17.7 Å². The van der Waals surface area contributed by atoms with Gasteiger partial charge in [0.2, 0.25) is 0 Å². The molecule has 1 aliphatic rings. The van der Waals surface area contributed by atoms with Crippen molar-refractivity contribution in [2.75, 3.05) is 25.0 Å². The summed E-state index contributed by atoms with van der Waals surface area (Å²) in [5.41, 5.74) is 3.48. The third kappa shape index (κ3) is 4.56. The van der Waals surface area contributed by atoms with Crippen LogP contribution < -0.4 is 5.32 Å². The van der Waals surface area contributed by atoms with E-state index in [1.807, 2.05) is 18.2 Å². The Kier molecular flexibility index (Phi) is 5.83. The molecule has 3 rings (SSSR count). The fourth-order valence-corrected chi connectivity index (χ4v) is 3.20. The largest absolute Gasteiger partial charge is 0.396 e. The number of hydrogen-bond donors (Lipinski definition) is 2. The topological polar surface area (TPSA) is 35.5 Å². The first-order chi connectivity index (χ1) is 11.7. The lowest BCUT2D eigenvalue weighted by Gasteiger charge is -2.31. The lowest BCUT2D eigenvalue weighted by atomic mass is 9.97. The summed E-state index contributed by atoms with van der Waals surface area (Å²) >= 11 is 0. The molecular weight excluding hydrogens is 303 g/mol. The van der Waals surface area contributed by atoms with Crippen LogP contribution in [0.15, 0.2) is 48.5 Å².